The average molecular weight is 470 g/mol. The van der Waals surface area contributed by atoms with Gasteiger partial charge >= 0.3 is 0 Å². The molecule has 28 heavy (non-hydrogen) atoms. The van der Waals surface area contributed by atoms with Gasteiger partial charge in [0.1, 0.15) is 5.75 Å². The number of nitrogens with zero attached hydrogens (tertiary/aromatic N) is 1. The van der Waals surface area contributed by atoms with Crippen molar-refractivity contribution < 1.29 is 14.2 Å². The van der Waals surface area contributed by atoms with Gasteiger partial charge in [0.2, 0.25) is 0 Å². The molecule has 1 atom stereocenters. The van der Waals surface area contributed by atoms with Crippen LogP contribution in [0.1, 0.15) is 23.6 Å². The van der Waals surface area contributed by atoms with Crippen LogP contribution in [-0.4, -0.2) is 52.4 Å². The number of hydrogen-bond donors (Lipinski definition) is 1. The molecule has 0 aliphatic carbocycles. The Morgan fingerprint density at radius 3 is 2.36 bits per heavy atom. The molecule has 0 spiro atoms. The van der Waals surface area contributed by atoms with Crippen LogP contribution in [0.2, 0.25) is 5.02 Å². The summed E-state index contributed by atoms with van der Waals surface area (Å²) in [5, 5.41) is 4.16. The third kappa shape index (κ3) is 4.57. The number of nitrogens with one attached hydrogen (secondary N) is 1. The maximum absolute atomic E-state index is 6.38. The lowest BCUT2D eigenvalue weighted by atomic mass is 9.95. The van der Waals surface area contributed by atoms with Crippen LogP contribution in [0.4, 0.5) is 0 Å². The SMILES string of the molecule is COc1cc(Br)c(C(c2cc(Cl)ccc2OC)N2CCCNCC2)cc1OC. The van der Waals surface area contributed by atoms with Crippen molar-refractivity contribution in [3.8, 4) is 17.2 Å². The summed E-state index contributed by atoms with van der Waals surface area (Å²) in [4.78, 5) is 2.46. The normalized spacial score (nSPS) is 16.3. The van der Waals surface area contributed by atoms with E-state index in [1.54, 1.807) is 21.3 Å². The molecule has 1 aliphatic heterocycles. The van der Waals surface area contributed by atoms with Gasteiger partial charge < -0.3 is 19.5 Å². The molecule has 0 radical (unpaired) electrons. The van der Waals surface area contributed by atoms with Crippen LogP contribution in [0.15, 0.2) is 34.8 Å². The lowest BCUT2D eigenvalue weighted by Crippen LogP contribution is -2.33. The Bertz CT molecular complexity index is 810. The molecule has 3 rings (SSSR count). The zero-order chi connectivity index (χ0) is 20.1. The van der Waals surface area contributed by atoms with Gasteiger partial charge in [-0.2, -0.15) is 0 Å². The molecule has 0 saturated carbocycles. The summed E-state index contributed by atoms with van der Waals surface area (Å²) in [6.45, 7) is 3.84. The van der Waals surface area contributed by atoms with Gasteiger partial charge in [-0.05, 0) is 48.9 Å². The molecule has 0 amide bonds. The molecular formula is C21H26BrClN2O3. The first-order chi connectivity index (χ1) is 13.6. The van der Waals surface area contributed by atoms with E-state index in [1.807, 2.05) is 30.3 Å². The van der Waals surface area contributed by atoms with Gasteiger partial charge in [-0.25, -0.2) is 0 Å². The minimum atomic E-state index is -0.0391. The molecule has 1 unspecified atom stereocenters. The monoisotopic (exact) mass is 468 g/mol. The highest BCUT2D eigenvalue weighted by Crippen LogP contribution is 2.43. The second-order valence-electron chi connectivity index (χ2n) is 6.66. The molecule has 7 heteroatoms. The van der Waals surface area contributed by atoms with Crippen LogP contribution in [0, 0.1) is 0 Å². The maximum Gasteiger partial charge on any atom is 0.161 e. The summed E-state index contributed by atoms with van der Waals surface area (Å²) in [7, 11) is 4.99. The number of methoxy groups -OCH3 is 3. The van der Waals surface area contributed by atoms with Crippen molar-refractivity contribution in [3.05, 3.63) is 51.0 Å². The number of ether oxygens (including phenoxy) is 3. The Hall–Kier alpha value is -1.47. The van der Waals surface area contributed by atoms with Crippen LogP contribution < -0.4 is 19.5 Å². The fraction of sp³-hybridized carbons (Fsp3) is 0.429. The first-order valence-corrected chi connectivity index (χ1v) is 10.5. The molecule has 1 saturated heterocycles. The van der Waals surface area contributed by atoms with Crippen molar-refractivity contribution in [2.24, 2.45) is 0 Å². The van der Waals surface area contributed by atoms with Crippen LogP contribution in [0.3, 0.4) is 0 Å². The van der Waals surface area contributed by atoms with Gasteiger partial charge in [0.25, 0.3) is 0 Å². The summed E-state index contributed by atoms with van der Waals surface area (Å²) in [6, 6.07) is 9.72. The zero-order valence-corrected chi connectivity index (χ0v) is 18.8. The van der Waals surface area contributed by atoms with Gasteiger partial charge in [-0.3, -0.25) is 4.90 Å². The van der Waals surface area contributed by atoms with Crippen molar-refractivity contribution >= 4 is 27.5 Å². The average Bonchev–Trinajstić information content (AvgIpc) is 2.98. The van der Waals surface area contributed by atoms with Crippen molar-refractivity contribution in [3.63, 3.8) is 0 Å². The first-order valence-electron chi connectivity index (χ1n) is 9.28. The quantitative estimate of drug-likeness (QED) is 0.674. The van der Waals surface area contributed by atoms with Crippen molar-refractivity contribution in [1.82, 2.24) is 10.2 Å². The lowest BCUT2D eigenvalue weighted by Gasteiger charge is -2.33. The number of benzene rings is 2. The standard InChI is InChI=1S/C21H26BrClN2O3/c1-26-18-6-5-14(23)11-16(18)21(25-9-4-7-24-8-10-25)15-12-19(27-2)20(28-3)13-17(15)22/h5-6,11-13,21,24H,4,7-10H2,1-3H3. The Morgan fingerprint density at radius 1 is 0.929 bits per heavy atom. The third-order valence-electron chi connectivity index (χ3n) is 5.02. The molecule has 0 aromatic heterocycles. The van der Waals surface area contributed by atoms with E-state index in [1.165, 1.54) is 0 Å². The van der Waals surface area contributed by atoms with Gasteiger partial charge in [0, 0.05) is 34.7 Å². The van der Waals surface area contributed by atoms with Crippen LogP contribution in [-0.2, 0) is 0 Å². The summed E-state index contributed by atoms with van der Waals surface area (Å²) >= 11 is 10.1. The van der Waals surface area contributed by atoms with E-state index < -0.39 is 0 Å². The van der Waals surface area contributed by atoms with Gasteiger partial charge in [-0.15, -0.1) is 0 Å². The van der Waals surface area contributed by atoms with Gasteiger partial charge in [0.05, 0.1) is 27.4 Å². The largest absolute Gasteiger partial charge is 0.496 e. The Balaban J connectivity index is 2.18. The second kappa shape index (κ2) is 9.83. The second-order valence-corrected chi connectivity index (χ2v) is 7.95. The number of hydrogen-bond acceptors (Lipinski definition) is 5. The Labute approximate surface area is 180 Å². The van der Waals surface area contributed by atoms with E-state index in [0.717, 1.165) is 53.9 Å². The van der Waals surface area contributed by atoms with Crippen molar-refractivity contribution in [2.75, 3.05) is 47.5 Å². The predicted octanol–water partition coefficient (Wildman–Crippen LogP) is 4.51. The Morgan fingerprint density at radius 2 is 1.64 bits per heavy atom. The van der Waals surface area contributed by atoms with E-state index in [2.05, 4.69) is 26.1 Å². The van der Waals surface area contributed by atoms with E-state index in [-0.39, 0.29) is 6.04 Å². The molecule has 0 bridgehead atoms. The molecule has 1 heterocycles. The molecule has 5 nitrogen and oxygen atoms in total. The molecular weight excluding hydrogens is 444 g/mol. The fourth-order valence-corrected chi connectivity index (χ4v) is 4.40. The molecule has 2 aromatic carbocycles. The zero-order valence-electron chi connectivity index (χ0n) is 16.4. The Kier molecular flexibility index (Phi) is 7.46. The molecule has 1 N–H and O–H groups in total. The minimum absolute atomic E-state index is 0.0391. The summed E-state index contributed by atoms with van der Waals surface area (Å²) in [5.74, 6) is 2.19. The lowest BCUT2D eigenvalue weighted by molar-refractivity contribution is 0.235. The van der Waals surface area contributed by atoms with Crippen LogP contribution in [0.5, 0.6) is 17.2 Å². The maximum atomic E-state index is 6.38. The van der Waals surface area contributed by atoms with Crippen LogP contribution in [0.25, 0.3) is 0 Å². The van der Waals surface area contributed by atoms with Crippen molar-refractivity contribution in [1.29, 1.82) is 0 Å². The molecule has 152 valence electrons. The van der Waals surface area contributed by atoms with Gasteiger partial charge in [0.15, 0.2) is 11.5 Å². The summed E-state index contributed by atoms with van der Waals surface area (Å²) in [6.07, 6.45) is 1.07. The number of rotatable bonds is 6. The van der Waals surface area contributed by atoms with Crippen LogP contribution >= 0.6 is 27.5 Å². The van der Waals surface area contributed by atoms with E-state index in [0.29, 0.717) is 16.5 Å². The minimum Gasteiger partial charge on any atom is -0.496 e. The fourth-order valence-electron chi connectivity index (χ4n) is 3.68. The third-order valence-corrected chi connectivity index (χ3v) is 5.95. The van der Waals surface area contributed by atoms with E-state index >= 15 is 0 Å². The molecule has 1 aliphatic rings. The smallest absolute Gasteiger partial charge is 0.161 e. The first kappa shape index (κ1) is 21.2. The van der Waals surface area contributed by atoms with Gasteiger partial charge in [-0.1, -0.05) is 27.5 Å². The highest BCUT2D eigenvalue weighted by atomic mass is 79.9. The highest BCUT2D eigenvalue weighted by Gasteiger charge is 2.29. The van der Waals surface area contributed by atoms with E-state index in [9.17, 15) is 0 Å². The summed E-state index contributed by atoms with van der Waals surface area (Å²) < 4.78 is 17.7. The predicted molar refractivity (Wildman–Crippen MR) is 116 cm³/mol. The van der Waals surface area contributed by atoms with E-state index in [4.69, 9.17) is 25.8 Å². The topological polar surface area (TPSA) is 43.0 Å². The summed E-state index contributed by atoms with van der Waals surface area (Å²) in [5.41, 5.74) is 2.12. The number of halogens is 2. The highest BCUT2D eigenvalue weighted by molar-refractivity contribution is 9.10. The molecule has 2 aromatic rings. The molecule has 1 fully saturated rings. The van der Waals surface area contributed by atoms with Crippen molar-refractivity contribution in [2.45, 2.75) is 12.5 Å².